The van der Waals surface area contributed by atoms with Crippen molar-refractivity contribution in [1.82, 2.24) is 4.57 Å². The van der Waals surface area contributed by atoms with Crippen molar-refractivity contribution in [1.29, 1.82) is 0 Å². The zero-order chi connectivity index (χ0) is 26.5. The van der Waals surface area contributed by atoms with Gasteiger partial charge in [-0.25, -0.2) is 9.79 Å². The topological polar surface area (TPSA) is 69.9 Å². The fourth-order valence-electron chi connectivity index (χ4n) is 4.32. The molecule has 1 aliphatic rings. The molecule has 0 N–H and O–H groups in total. The quantitative estimate of drug-likeness (QED) is 0.292. The maximum absolute atomic E-state index is 13.7. The Morgan fingerprint density at radius 1 is 1.11 bits per heavy atom. The van der Waals surface area contributed by atoms with Crippen molar-refractivity contribution < 1.29 is 14.3 Å². The molecule has 0 fully saturated rings. The molecule has 1 atom stereocenters. The molecule has 0 saturated heterocycles. The maximum atomic E-state index is 13.7. The average molecular weight is 519 g/mol. The fourth-order valence-corrected chi connectivity index (χ4v) is 5.36. The maximum Gasteiger partial charge on any atom is 0.338 e. The minimum absolute atomic E-state index is 0.181. The first-order valence-electron chi connectivity index (χ1n) is 12.9. The van der Waals surface area contributed by atoms with Crippen LogP contribution in [-0.4, -0.2) is 23.8 Å². The number of ether oxygens (including phenoxy) is 2. The number of aromatic nitrogens is 1. The molecule has 0 amide bonds. The summed E-state index contributed by atoms with van der Waals surface area (Å²) in [7, 11) is 0. The van der Waals surface area contributed by atoms with Crippen LogP contribution < -0.4 is 19.6 Å². The van der Waals surface area contributed by atoms with Gasteiger partial charge >= 0.3 is 5.97 Å². The molecular formula is C30H34N2O4S. The Morgan fingerprint density at radius 2 is 1.81 bits per heavy atom. The Kier molecular flexibility index (Phi) is 8.44. The van der Waals surface area contributed by atoms with E-state index < -0.39 is 12.0 Å². The predicted octanol–water partition coefficient (Wildman–Crippen LogP) is 5.10. The number of hydrogen-bond acceptors (Lipinski definition) is 6. The van der Waals surface area contributed by atoms with Crippen LogP contribution in [0.2, 0.25) is 0 Å². The van der Waals surface area contributed by atoms with E-state index in [1.165, 1.54) is 16.9 Å². The minimum Gasteiger partial charge on any atom is -0.494 e. The van der Waals surface area contributed by atoms with Crippen LogP contribution in [0.15, 0.2) is 69.6 Å². The summed E-state index contributed by atoms with van der Waals surface area (Å²) in [6.07, 6.45) is 3.96. The molecule has 0 bridgehead atoms. The SMILES string of the molecule is CCCCOc1ccc(C=c2sc3n(c2=O)C(c2ccc(C(C)C)cc2)C(C(=O)OCC)=C(C)N=3)cc1. The van der Waals surface area contributed by atoms with E-state index in [4.69, 9.17) is 9.47 Å². The van der Waals surface area contributed by atoms with E-state index in [0.717, 1.165) is 29.7 Å². The lowest BCUT2D eigenvalue weighted by atomic mass is 9.93. The third-order valence-corrected chi connectivity index (χ3v) is 7.36. The highest BCUT2D eigenvalue weighted by molar-refractivity contribution is 7.07. The Bertz CT molecular complexity index is 1460. The van der Waals surface area contributed by atoms with E-state index in [-0.39, 0.29) is 12.2 Å². The molecule has 6 nitrogen and oxygen atoms in total. The van der Waals surface area contributed by atoms with Crippen molar-refractivity contribution in [2.75, 3.05) is 13.2 Å². The Labute approximate surface area is 221 Å². The minimum atomic E-state index is -0.604. The van der Waals surface area contributed by atoms with E-state index >= 15 is 0 Å². The van der Waals surface area contributed by atoms with Crippen molar-refractivity contribution in [2.24, 2.45) is 4.99 Å². The van der Waals surface area contributed by atoms with Gasteiger partial charge in [-0.3, -0.25) is 9.36 Å². The summed E-state index contributed by atoms with van der Waals surface area (Å²) in [5.74, 6) is 0.738. The summed E-state index contributed by atoms with van der Waals surface area (Å²) < 4.78 is 13.3. The molecule has 4 rings (SSSR count). The van der Waals surface area contributed by atoms with Crippen LogP contribution in [0, 0.1) is 0 Å². The molecule has 2 heterocycles. The second kappa shape index (κ2) is 11.7. The van der Waals surface area contributed by atoms with Gasteiger partial charge < -0.3 is 9.47 Å². The van der Waals surface area contributed by atoms with Gasteiger partial charge in [-0.15, -0.1) is 0 Å². The Balaban J connectivity index is 1.79. The van der Waals surface area contributed by atoms with Gasteiger partial charge in [-0.05, 0) is 61.1 Å². The van der Waals surface area contributed by atoms with E-state index in [0.29, 0.717) is 33.1 Å². The second-order valence-electron chi connectivity index (χ2n) is 9.39. The molecule has 0 saturated carbocycles. The van der Waals surface area contributed by atoms with Crippen molar-refractivity contribution >= 4 is 23.4 Å². The number of carbonyl (C=O) groups excluding carboxylic acids is 1. The van der Waals surface area contributed by atoms with Crippen LogP contribution in [0.25, 0.3) is 6.08 Å². The average Bonchev–Trinajstić information content (AvgIpc) is 3.18. The molecule has 194 valence electrons. The van der Waals surface area contributed by atoms with Gasteiger partial charge in [0, 0.05) is 0 Å². The first kappa shape index (κ1) is 26.6. The predicted molar refractivity (Wildman–Crippen MR) is 148 cm³/mol. The molecule has 37 heavy (non-hydrogen) atoms. The highest BCUT2D eigenvalue weighted by Gasteiger charge is 2.33. The molecule has 0 radical (unpaired) electrons. The van der Waals surface area contributed by atoms with Gasteiger partial charge in [-0.1, -0.05) is 74.9 Å². The van der Waals surface area contributed by atoms with E-state index in [1.807, 2.05) is 42.5 Å². The highest BCUT2D eigenvalue weighted by atomic mass is 32.1. The highest BCUT2D eigenvalue weighted by Crippen LogP contribution is 2.31. The van der Waals surface area contributed by atoms with Crippen molar-refractivity contribution in [2.45, 2.75) is 59.4 Å². The number of carbonyl (C=O) groups is 1. The summed E-state index contributed by atoms with van der Waals surface area (Å²) in [5, 5.41) is 0. The summed E-state index contributed by atoms with van der Waals surface area (Å²) in [5.41, 5.74) is 3.72. The van der Waals surface area contributed by atoms with Crippen LogP contribution >= 0.6 is 11.3 Å². The number of fused-ring (bicyclic) bond motifs is 1. The number of benzene rings is 2. The number of rotatable bonds is 9. The molecule has 1 aliphatic heterocycles. The second-order valence-corrected chi connectivity index (χ2v) is 10.4. The Morgan fingerprint density at radius 3 is 2.43 bits per heavy atom. The summed E-state index contributed by atoms with van der Waals surface area (Å²) >= 11 is 1.33. The Hall–Kier alpha value is -3.45. The van der Waals surface area contributed by atoms with Gasteiger partial charge in [0.25, 0.3) is 5.56 Å². The molecule has 1 aromatic heterocycles. The molecule has 0 aliphatic carbocycles. The van der Waals surface area contributed by atoms with Crippen molar-refractivity contribution in [3.05, 3.63) is 96.2 Å². The first-order chi connectivity index (χ1) is 17.8. The number of thiazole rings is 1. The number of nitrogens with zero attached hydrogens (tertiary/aromatic N) is 2. The van der Waals surface area contributed by atoms with Gasteiger partial charge in [0.2, 0.25) is 0 Å². The van der Waals surface area contributed by atoms with Crippen LogP contribution in [0.3, 0.4) is 0 Å². The van der Waals surface area contributed by atoms with E-state index in [2.05, 4.69) is 37.9 Å². The smallest absolute Gasteiger partial charge is 0.338 e. The zero-order valence-electron chi connectivity index (χ0n) is 22.1. The van der Waals surface area contributed by atoms with Crippen LogP contribution in [-0.2, 0) is 9.53 Å². The standard InChI is InChI=1S/C30H34N2O4S/c1-6-8-17-36-24-15-9-21(10-16-24)18-25-28(33)32-27(23-13-11-22(12-14-23)19(3)4)26(29(34)35-7-2)20(5)31-30(32)37-25/h9-16,18-19,27H,6-8,17H2,1-5H3. The van der Waals surface area contributed by atoms with Gasteiger partial charge in [0.05, 0.1) is 35.1 Å². The molecule has 1 unspecified atom stereocenters. The van der Waals surface area contributed by atoms with E-state index in [9.17, 15) is 9.59 Å². The molecule has 7 heteroatoms. The lowest BCUT2D eigenvalue weighted by Crippen LogP contribution is -2.39. The molecule has 2 aromatic carbocycles. The molecule has 3 aromatic rings. The summed E-state index contributed by atoms with van der Waals surface area (Å²) in [6.45, 7) is 10.9. The van der Waals surface area contributed by atoms with Gasteiger partial charge in [0.1, 0.15) is 5.75 Å². The fraction of sp³-hybridized carbons (Fsp3) is 0.367. The third-order valence-electron chi connectivity index (χ3n) is 6.38. The normalized spacial score (nSPS) is 15.5. The number of esters is 1. The summed E-state index contributed by atoms with van der Waals surface area (Å²) in [6, 6.07) is 15.2. The zero-order valence-corrected chi connectivity index (χ0v) is 22.9. The van der Waals surface area contributed by atoms with Crippen molar-refractivity contribution in [3.63, 3.8) is 0 Å². The van der Waals surface area contributed by atoms with E-state index in [1.54, 1.807) is 18.4 Å². The number of unbranched alkanes of at least 4 members (excludes halogenated alkanes) is 1. The van der Waals surface area contributed by atoms with Crippen LogP contribution in [0.1, 0.15) is 76.1 Å². The first-order valence-corrected chi connectivity index (χ1v) is 13.7. The third kappa shape index (κ3) is 5.77. The van der Waals surface area contributed by atoms with Gasteiger partial charge in [0.15, 0.2) is 4.80 Å². The summed E-state index contributed by atoms with van der Waals surface area (Å²) in [4.78, 5) is 32.0. The lowest BCUT2D eigenvalue weighted by molar-refractivity contribution is -0.139. The van der Waals surface area contributed by atoms with Crippen LogP contribution in [0.5, 0.6) is 5.75 Å². The number of allylic oxidation sites excluding steroid dienone is 1. The van der Waals surface area contributed by atoms with Crippen molar-refractivity contribution in [3.8, 4) is 5.75 Å². The largest absolute Gasteiger partial charge is 0.494 e. The monoisotopic (exact) mass is 518 g/mol. The van der Waals surface area contributed by atoms with Crippen LogP contribution in [0.4, 0.5) is 0 Å². The molecule has 0 spiro atoms. The molecular weight excluding hydrogens is 484 g/mol. The number of hydrogen-bond donors (Lipinski definition) is 0. The lowest BCUT2D eigenvalue weighted by Gasteiger charge is -2.25. The van der Waals surface area contributed by atoms with Gasteiger partial charge in [-0.2, -0.15) is 0 Å².